The molecular weight excluding hydrogens is 322 g/mol. The summed E-state index contributed by atoms with van der Waals surface area (Å²) in [5.41, 5.74) is 3.33. The number of anilines is 1. The van der Waals surface area contributed by atoms with Gasteiger partial charge in [0.2, 0.25) is 0 Å². The minimum Gasteiger partial charge on any atom is -0.493 e. The van der Waals surface area contributed by atoms with Crippen LogP contribution in [0.2, 0.25) is 0 Å². The van der Waals surface area contributed by atoms with E-state index in [2.05, 4.69) is 10.4 Å². The van der Waals surface area contributed by atoms with E-state index in [1.54, 1.807) is 18.7 Å². The molecule has 25 heavy (non-hydrogen) atoms. The van der Waals surface area contributed by atoms with E-state index in [4.69, 9.17) is 9.47 Å². The van der Waals surface area contributed by atoms with Crippen molar-refractivity contribution in [2.45, 2.75) is 27.2 Å². The van der Waals surface area contributed by atoms with Gasteiger partial charge in [0, 0.05) is 7.05 Å². The van der Waals surface area contributed by atoms with Crippen LogP contribution in [-0.2, 0) is 21.4 Å². The molecule has 0 atom stereocenters. The Hall–Kier alpha value is -2.83. The quantitative estimate of drug-likeness (QED) is 0.779. The zero-order valence-corrected chi connectivity index (χ0v) is 15.0. The maximum absolute atomic E-state index is 11.9. The highest BCUT2D eigenvalue weighted by Crippen LogP contribution is 2.18. The highest BCUT2D eigenvalue weighted by Gasteiger charge is 2.14. The Balaban J connectivity index is 1.70. The fourth-order valence-electron chi connectivity index (χ4n) is 2.23. The first-order valence-electron chi connectivity index (χ1n) is 8.02. The number of carbonyl (C=O) groups is 2. The van der Waals surface area contributed by atoms with E-state index in [0.717, 1.165) is 11.3 Å². The summed E-state index contributed by atoms with van der Waals surface area (Å²) in [6.07, 6.45) is 0.0755. The number of nitrogens with one attached hydrogen (secondary N) is 1. The second-order valence-corrected chi connectivity index (χ2v) is 5.79. The number of aromatic nitrogens is 2. The molecule has 0 radical (unpaired) electrons. The van der Waals surface area contributed by atoms with Crippen LogP contribution in [0.1, 0.15) is 23.4 Å². The molecule has 1 aromatic carbocycles. The number of nitrogens with zero attached hydrogens (tertiary/aromatic N) is 2. The molecule has 1 heterocycles. The Morgan fingerprint density at radius 1 is 1.16 bits per heavy atom. The summed E-state index contributed by atoms with van der Waals surface area (Å²) in [5.74, 6) is -0.187. The molecule has 1 amide bonds. The zero-order valence-electron chi connectivity index (χ0n) is 15.0. The van der Waals surface area contributed by atoms with Crippen LogP contribution in [0.4, 0.5) is 5.69 Å². The molecule has 0 saturated heterocycles. The standard InChI is InChI=1S/C18H23N3O4/c1-12-5-7-15(8-6-12)24-10-9-17(23)25-11-16(22)19-18-13(2)20-21(4)14(18)3/h5-8H,9-11H2,1-4H3,(H,19,22). The molecule has 7 heteroatoms. The van der Waals surface area contributed by atoms with E-state index >= 15 is 0 Å². The molecular formula is C18H23N3O4. The molecule has 134 valence electrons. The number of hydrogen-bond acceptors (Lipinski definition) is 5. The lowest BCUT2D eigenvalue weighted by molar-refractivity contribution is -0.147. The largest absolute Gasteiger partial charge is 0.493 e. The maximum atomic E-state index is 11.9. The van der Waals surface area contributed by atoms with Crippen molar-refractivity contribution in [3.05, 3.63) is 41.2 Å². The number of benzene rings is 1. The smallest absolute Gasteiger partial charge is 0.309 e. The lowest BCUT2D eigenvalue weighted by atomic mass is 10.2. The number of hydrogen-bond donors (Lipinski definition) is 1. The van der Waals surface area contributed by atoms with E-state index in [1.807, 2.05) is 38.1 Å². The third kappa shape index (κ3) is 5.34. The summed E-state index contributed by atoms with van der Waals surface area (Å²) in [4.78, 5) is 23.6. The molecule has 0 spiro atoms. The van der Waals surface area contributed by atoms with E-state index in [9.17, 15) is 9.59 Å². The van der Waals surface area contributed by atoms with Crippen molar-refractivity contribution >= 4 is 17.6 Å². The zero-order chi connectivity index (χ0) is 18.4. The first-order chi connectivity index (χ1) is 11.9. The average Bonchev–Trinajstić information content (AvgIpc) is 2.81. The lowest BCUT2D eigenvalue weighted by Gasteiger charge is -2.08. The van der Waals surface area contributed by atoms with Crippen LogP contribution in [0, 0.1) is 20.8 Å². The van der Waals surface area contributed by atoms with Gasteiger partial charge >= 0.3 is 5.97 Å². The highest BCUT2D eigenvalue weighted by molar-refractivity contribution is 5.93. The minimum atomic E-state index is -0.484. The van der Waals surface area contributed by atoms with E-state index < -0.39 is 11.9 Å². The molecule has 0 saturated carbocycles. The van der Waals surface area contributed by atoms with Gasteiger partial charge in [0.25, 0.3) is 5.91 Å². The van der Waals surface area contributed by atoms with Crippen LogP contribution in [0.3, 0.4) is 0 Å². The maximum Gasteiger partial charge on any atom is 0.309 e. The highest BCUT2D eigenvalue weighted by atomic mass is 16.5. The first kappa shape index (κ1) is 18.5. The van der Waals surface area contributed by atoms with Crippen LogP contribution in [0.5, 0.6) is 5.75 Å². The Morgan fingerprint density at radius 2 is 1.84 bits per heavy atom. The Labute approximate surface area is 146 Å². The number of amides is 1. The van der Waals surface area contributed by atoms with Crippen molar-refractivity contribution in [3.63, 3.8) is 0 Å². The summed E-state index contributed by atoms with van der Waals surface area (Å²) in [7, 11) is 1.80. The van der Waals surface area contributed by atoms with E-state index in [-0.39, 0.29) is 19.6 Å². The SMILES string of the molecule is Cc1ccc(OCCC(=O)OCC(=O)Nc2c(C)nn(C)c2C)cc1. The number of carbonyl (C=O) groups excluding carboxylic acids is 2. The van der Waals surface area contributed by atoms with E-state index in [0.29, 0.717) is 17.1 Å². The predicted octanol–water partition coefficient (Wildman–Crippen LogP) is 2.30. The van der Waals surface area contributed by atoms with Crippen LogP contribution in [0.15, 0.2) is 24.3 Å². The molecule has 7 nitrogen and oxygen atoms in total. The molecule has 2 rings (SSSR count). The van der Waals surface area contributed by atoms with Gasteiger partial charge in [-0.1, -0.05) is 17.7 Å². The predicted molar refractivity (Wildman–Crippen MR) is 93.6 cm³/mol. The number of ether oxygens (including phenoxy) is 2. The Bertz CT molecular complexity index is 750. The first-order valence-corrected chi connectivity index (χ1v) is 8.02. The second kappa shape index (κ2) is 8.32. The van der Waals surface area contributed by atoms with Gasteiger partial charge < -0.3 is 14.8 Å². The summed E-state index contributed by atoms with van der Waals surface area (Å²) in [6, 6.07) is 7.54. The van der Waals surface area contributed by atoms with Crippen LogP contribution >= 0.6 is 0 Å². The van der Waals surface area contributed by atoms with Crippen molar-refractivity contribution in [3.8, 4) is 5.75 Å². The minimum absolute atomic E-state index is 0.0755. The topological polar surface area (TPSA) is 82.4 Å². The van der Waals surface area contributed by atoms with Crippen molar-refractivity contribution in [1.82, 2.24) is 9.78 Å². The summed E-state index contributed by atoms with van der Waals surface area (Å²) >= 11 is 0. The van der Waals surface area contributed by atoms with Crippen molar-refractivity contribution < 1.29 is 19.1 Å². The molecule has 0 bridgehead atoms. The fourth-order valence-corrected chi connectivity index (χ4v) is 2.23. The third-order valence-corrected chi connectivity index (χ3v) is 3.73. The van der Waals surface area contributed by atoms with Gasteiger partial charge in [-0.15, -0.1) is 0 Å². The van der Waals surface area contributed by atoms with E-state index in [1.165, 1.54) is 0 Å². The number of aryl methyl sites for hydroxylation is 3. The van der Waals surface area contributed by atoms with Crippen molar-refractivity contribution in [2.75, 3.05) is 18.5 Å². The molecule has 0 fully saturated rings. The summed E-state index contributed by atoms with van der Waals surface area (Å²) in [5, 5.41) is 6.92. The molecule has 1 aromatic heterocycles. The number of rotatable bonds is 7. The van der Waals surface area contributed by atoms with Gasteiger partial charge in [0.1, 0.15) is 5.75 Å². The van der Waals surface area contributed by atoms with Crippen molar-refractivity contribution in [1.29, 1.82) is 0 Å². The molecule has 1 N–H and O–H groups in total. The monoisotopic (exact) mass is 345 g/mol. The Morgan fingerprint density at radius 3 is 2.44 bits per heavy atom. The van der Waals surface area contributed by atoms with Crippen LogP contribution in [0.25, 0.3) is 0 Å². The molecule has 0 aliphatic rings. The summed E-state index contributed by atoms with van der Waals surface area (Å²) in [6.45, 7) is 5.50. The molecule has 0 unspecified atom stereocenters. The van der Waals surface area contributed by atoms with Gasteiger partial charge in [-0.25, -0.2) is 0 Å². The third-order valence-electron chi connectivity index (χ3n) is 3.73. The average molecular weight is 345 g/mol. The van der Waals surface area contributed by atoms with Crippen molar-refractivity contribution in [2.24, 2.45) is 7.05 Å². The van der Waals surface area contributed by atoms with Crippen LogP contribution in [-0.4, -0.2) is 34.9 Å². The normalized spacial score (nSPS) is 10.4. The lowest BCUT2D eigenvalue weighted by Crippen LogP contribution is -2.22. The molecule has 2 aromatic rings. The molecule has 0 aliphatic heterocycles. The summed E-state index contributed by atoms with van der Waals surface area (Å²) < 4.78 is 12.1. The van der Waals surface area contributed by atoms with Gasteiger partial charge in [0.15, 0.2) is 6.61 Å². The fraction of sp³-hybridized carbons (Fsp3) is 0.389. The van der Waals surface area contributed by atoms with Gasteiger partial charge in [-0.2, -0.15) is 5.10 Å². The Kier molecular flexibility index (Phi) is 6.16. The second-order valence-electron chi connectivity index (χ2n) is 5.79. The number of esters is 1. The van der Waals surface area contributed by atoms with Gasteiger partial charge in [0.05, 0.1) is 30.1 Å². The van der Waals surface area contributed by atoms with Gasteiger partial charge in [-0.3, -0.25) is 14.3 Å². The van der Waals surface area contributed by atoms with Crippen LogP contribution < -0.4 is 10.1 Å². The molecule has 0 aliphatic carbocycles. The van der Waals surface area contributed by atoms with Gasteiger partial charge in [-0.05, 0) is 32.9 Å².